The summed E-state index contributed by atoms with van der Waals surface area (Å²) in [5, 5.41) is 0. The van der Waals surface area contributed by atoms with Crippen LogP contribution in [0.3, 0.4) is 0 Å². The van der Waals surface area contributed by atoms with Crippen molar-refractivity contribution in [2.24, 2.45) is 0 Å². The lowest BCUT2D eigenvalue weighted by Crippen LogP contribution is -2.52. The third-order valence-corrected chi connectivity index (χ3v) is 3.90. The van der Waals surface area contributed by atoms with Gasteiger partial charge in [-0.2, -0.15) is 0 Å². The zero-order valence-electron chi connectivity index (χ0n) is 12.2. The van der Waals surface area contributed by atoms with E-state index < -0.39 is 0 Å². The van der Waals surface area contributed by atoms with Gasteiger partial charge in [0.25, 0.3) is 0 Å². The Balaban J connectivity index is 1.96. The van der Waals surface area contributed by atoms with Gasteiger partial charge in [-0.25, -0.2) is 0 Å². The molecule has 0 bridgehead atoms. The molecule has 1 aliphatic rings. The van der Waals surface area contributed by atoms with Crippen LogP contribution in [-0.4, -0.2) is 17.3 Å². The molecule has 0 aliphatic carbocycles. The van der Waals surface area contributed by atoms with Crippen LogP contribution in [0.4, 0.5) is 0 Å². The maximum Gasteiger partial charge on any atom is 0.0898 e. The van der Waals surface area contributed by atoms with Gasteiger partial charge in [0.05, 0.1) is 23.9 Å². The Morgan fingerprint density at radius 2 is 2.00 bits per heavy atom. The summed E-state index contributed by atoms with van der Waals surface area (Å²) in [7, 11) is 0. The van der Waals surface area contributed by atoms with Crippen LogP contribution in [0.15, 0.2) is 43.0 Å². The van der Waals surface area contributed by atoms with Gasteiger partial charge in [0.1, 0.15) is 0 Å². The summed E-state index contributed by atoms with van der Waals surface area (Å²) >= 11 is 0. The molecular weight excluding hydrogens is 236 g/mol. The number of hydrogen-bond acceptors (Lipinski definition) is 2. The smallest absolute Gasteiger partial charge is 0.0898 e. The molecule has 0 spiro atoms. The normalized spacial score (nSPS) is 29.9. The molecule has 104 valence electrons. The van der Waals surface area contributed by atoms with Gasteiger partial charge in [-0.1, -0.05) is 36.4 Å². The van der Waals surface area contributed by atoms with Gasteiger partial charge in [-0.3, -0.25) is 0 Å². The van der Waals surface area contributed by atoms with Gasteiger partial charge >= 0.3 is 0 Å². The molecular formula is C17H24O2. The molecule has 0 unspecified atom stereocenters. The van der Waals surface area contributed by atoms with Crippen molar-refractivity contribution in [1.29, 1.82) is 0 Å². The molecule has 0 aromatic heterocycles. The SMILES string of the molecule is C=C[C@@]1(C)CC[C@@H](OCc2ccccc2)C(C)(C)O1. The van der Waals surface area contributed by atoms with Crippen molar-refractivity contribution in [3.8, 4) is 0 Å². The van der Waals surface area contributed by atoms with E-state index in [9.17, 15) is 0 Å². The molecule has 2 nitrogen and oxygen atoms in total. The minimum Gasteiger partial charge on any atom is -0.371 e. The highest BCUT2D eigenvalue weighted by molar-refractivity contribution is 5.13. The third-order valence-electron chi connectivity index (χ3n) is 3.90. The Morgan fingerprint density at radius 3 is 2.58 bits per heavy atom. The van der Waals surface area contributed by atoms with E-state index in [1.807, 2.05) is 24.3 Å². The summed E-state index contributed by atoms with van der Waals surface area (Å²) in [5.74, 6) is 0. The van der Waals surface area contributed by atoms with E-state index in [1.54, 1.807) is 0 Å². The van der Waals surface area contributed by atoms with Crippen LogP contribution in [-0.2, 0) is 16.1 Å². The first-order valence-corrected chi connectivity index (χ1v) is 6.94. The van der Waals surface area contributed by atoms with E-state index in [2.05, 4.69) is 39.5 Å². The van der Waals surface area contributed by atoms with Crippen molar-refractivity contribution in [3.05, 3.63) is 48.6 Å². The van der Waals surface area contributed by atoms with E-state index in [0.29, 0.717) is 6.61 Å². The molecule has 19 heavy (non-hydrogen) atoms. The van der Waals surface area contributed by atoms with E-state index in [-0.39, 0.29) is 17.3 Å². The van der Waals surface area contributed by atoms with Crippen LogP contribution < -0.4 is 0 Å². The molecule has 0 saturated carbocycles. The molecule has 1 saturated heterocycles. The van der Waals surface area contributed by atoms with Crippen LogP contribution in [0, 0.1) is 0 Å². The fourth-order valence-electron chi connectivity index (χ4n) is 2.68. The van der Waals surface area contributed by atoms with Gasteiger partial charge in [-0.15, -0.1) is 6.58 Å². The van der Waals surface area contributed by atoms with Crippen molar-refractivity contribution < 1.29 is 9.47 Å². The van der Waals surface area contributed by atoms with E-state index >= 15 is 0 Å². The second-order valence-electron chi connectivity index (χ2n) is 6.05. The summed E-state index contributed by atoms with van der Waals surface area (Å²) in [6, 6.07) is 10.3. The molecule has 2 atom stereocenters. The average molecular weight is 260 g/mol. The van der Waals surface area contributed by atoms with Crippen LogP contribution in [0.5, 0.6) is 0 Å². The minimum absolute atomic E-state index is 0.126. The van der Waals surface area contributed by atoms with Gasteiger partial charge in [0, 0.05) is 0 Å². The number of benzene rings is 1. The minimum atomic E-state index is -0.282. The lowest BCUT2D eigenvalue weighted by molar-refractivity contribution is -0.213. The molecule has 0 radical (unpaired) electrons. The number of rotatable bonds is 4. The molecule has 1 aliphatic heterocycles. The van der Waals surface area contributed by atoms with E-state index in [0.717, 1.165) is 12.8 Å². The number of hydrogen-bond donors (Lipinski definition) is 0. The van der Waals surface area contributed by atoms with Crippen molar-refractivity contribution >= 4 is 0 Å². The molecule has 2 rings (SSSR count). The standard InChI is InChI=1S/C17H24O2/c1-5-17(4)12-11-15(16(2,3)19-17)18-13-14-9-7-6-8-10-14/h5-10,15H,1,11-13H2,2-4H3/t15-,17+/m1/s1. The molecule has 2 heteroatoms. The predicted octanol–water partition coefficient (Wildman–Crippen LogP) is 4.11. The second-order valence-corrected chi connectivity index (χ2v) is 6.05. The molecule has 1 heterocycles. The first kappa shape index (κ1) is 14.3. The lowest BCUT2D eigenvalue weighted by atomic mass is 9.85. The maximum absolute atomic E-state index is 6.17. The zero-order chi connectivity index (χ0) is 13.9. The molecule has 0 N–H and O–H groups in total. The van der Waals surface area contributed by atoms with Crippen molar-refractivity contribution in [1.82, 2.24) is 0 Å². The van der Waals surface area contributed by atoms with Crippen LogP contribution in [0.2, 0.25) is 0 Å². The first-order chi connectivity index (χ1) is 8.95. The Bertz CT molecular complexity index is 424. The van der Waals surface area contributed by atoms with E-state index in [1.165, 1.54) is 5.56 Å². The summed E-state index contributed by atoms with van der Waals surface area (Å²) < 4.78 is 12.2. The quantitative estimate of drug-likeness (QED) is 0.759. The monoisotopic (exact) mass is 260 g/mol. The first-order valence-electron chi connectivity index (χ1n) is 6.94. The van der Waals surface area contributed by atoms with Crippen LogP contribution in [0.1, 0.15) is 39.2 Å². The van der Waals surface area contributed by atoms with Crippen LogP contribution >= 0.6 is 0 Å². The molecule has 1 aromatic carbocycles. The maximum atomic E-state index is 6.17. The predicted molar refractivity (Wildman–Crippen MR) is 78.0 cm³/mol. The highest BCUT2D eigenvalue weighted by Crippen LogP contribution is 2.37. The van der Waals surface area contributed by atoms with Gasteiger partial charge in [0.15, 0.2) is 0 Å². The van der Waals surface area contributed by atoms with Crippen LogP contribution in [0.25, 0.3) is 0 Å². The third kappa shape index (κ3) is 3.46. The highest BCUT2D eigenvalue weighted by atomic mass is 16.6. The van der Waals surface area contributed by atoms with Gasteiger partial charge < -0.3 is 9.47 Å². The van der Waals surface area contributed by atoms with Gasteiger partial charge in [0.2, 0.25) is 0 Å². The molecule has 1 fully saturated rings. The fourth-order valence-corrected chi connectivity index (χ4v) is 2.68. The average Bonchev–Trinajstić information content (AvgIpc) is 2.38. The summed E-state index contributed by atoms with van der Waals surface area (Å²) in [4.78, 5) is 0. The topological polar surface area (TPSA) is 18.5 Å². The van der Waals surface area contributed by atoms with E-state index in [4.69, 9.17) is 9.47 Å². The van der Waals surface area contributed by atoms with Crippen molar-refractivity contribution in [2.75, 3.05) is 0 Å². The Morgan fingerprint density at radius 1 is 1.32 bits per heavy atom. The van der Waals surface area contributed by atoms with Crippen molar-refractivity contribution in [2.45, 2.75) is 57.5 Å². The Hall–Kier alpha value is -1.12. The summed E-state index contributed by atoms with van der Waals surface area (Å²) in [5.41, 5.74) is 0.696. The van der Waals surface area contributed by atoms with Gasteiger partial charge in [-0.05, 0) is 39.2 Å². The zero-order valence-corrected chi connectivity index (χ0v) is 12.2. The Kier molecular flexibility index (Phi) is 4.12. The molecule has 1 aromatic rings. The highest BCUT2D eigenvalue weighted by Gasteiger charge is 2.42. The number of ether oxygens (including phenoxy) is 2. The largest absolute Gasteiger partial charge is 0.371 e. The fraction of sp³-hybridized carbons (Fsp3) is 0.529. The summed E-state index contributed by atoms with van der Waals surface area (Å²) in [6.07, 6.45) is 3.99. The Labute approximate surface area is 116 Å². The van der Waals surface area contributed by atoms with Crippen molar-refractivity contribution in [3.63, 3.8) is 0 Å². The lowest BCUT2D eigenvalue weighted by Gasteiger charge is -2.46. The molecule has 0 amide bonds. The second kappa shape index (κ2) is 5.48. The summed E-state index contributed by atoms with van der Waals surface area (Å²) in [6.45, 7) is 10.8.